The van der Waals surface area contributed by atoms with Crippen LogP contribution in [0, 0.1) is 0 Å². The molecule has 1 aromatic carbocycles. The van der Waals surface area contributed by atoms with Gasteiger partial charge in [-0.1, -0.05) is 15.9 Å². The molecule has 0 spiro atoms. The number of nitrogens with zero attached hydrogens (tertiary/aromatic N) is 1. The lowest BCUT2D eigenvalue weighted by molar-refractivity contribution is 0.199. The van der Waals surface area contributed by atoms with Gasteiger partial charge in [0, 0.05) is 50.2 Å². The van der Waals surface area contributed by atoms with Crippen LogP contribution in [0.25, 0.3) is 0 Å². The van der Waals surface area contributed by atoms with Gasteiger partial charge in [-0.3, -0.25) is 0 Å². The molecule has 0 heterocycles. The summed E-state index contributed by atoms with van der Waals surface area (Å²) < 4.78 is 28.6. The smallest absolute Gasteiger partial charge is 0.149 e. The fourth-order valence-corrected chi connectivity index (χ4v) is 2.90. The van der Waals surface area contributed by atoms with Crippen LogP contribution in [-0.2, 0) is 21.1 Å². The van der Waals surface area contributed by atoms with E-state index in [4.69, 9.17) is 4.74 Å². The van der Waals surface area contributed by atoms with Gasteiger partial charge < -0.3 is 15.0 Å². The van der Waals surface area contributed by atoms with E-state index in [1.165, 1.54) is 6.26 Å². The second-order valence-electron chi connectivity index (χ2n) is 4.99. The van der Waals surface area contributed by atoms with Crippen LogP contribution in [0.4, 0.5) is 5.69 Å². The molecule has 1 N–H and O–H groups in total. The average molecular weight is 379 g/mol. The van der Waals surface area contributed by atoms with Crippen molar-refractivity contribution in [2.45, 2.75) is 6.54 Å². The minimum absolute atomic E-state index is 0.149. The number of benzene rings is 1. The normalized spacial score (nSPS) is 11.6. The Labute approximate surface area is 135 Å². The van der Waals surface area contributed by atoms with E-state index >= 15 is 0 Å². The predicted octanol–water partition coefficient (Wildman–Crippen LogP) is 1.67. The molecule has 1 aromatic rings. The number of sulfone groups is 1. The highest BCUT2D eigenvalue weighted by Crippen LogP contribution is 2.23. The first-order chi connectivity index (χ1) is 9.83. The van der Waals surface area contributed by atoms with Crippen molar-refractivity contribution in [3.63, 3.8) is 0 Å². The summed E-state index contributed by atoms with van der Waals surface area (Å²) in [4.78, 5) is 1.97. The Morgan fingerprint density at radius 2 is 2.10 bits per heavy atom. The number of methoxy groups -OCH3 is 1. The van der Waals surface area contributed by atoms with Crippen molar-refractivity contribution in [2.75, 3.05) is 50.8 Å². The molecule has 0 amide bonds. The van der Waals surface area contributed by atoms with Crippen molar-refractivity contribution in [3.8, 4) is 0 Å². The van der Waals surface area contributed by atoms with E-state index in [0.717, 1.165) is 22.3 Å². The summed E-state index contributed by atoms with van der Waals surface area (Å²) in [5.41, 5.74) is 2.16. The van der Waals surface area contributed by atoms with E-state index in [-0.39, 0.29) is 5.75 Å². The lowest BCUT2D eigenvalue weighted by Gasteiger charge is -2.22. The van der Waals surface area contributed by atoms with E-state index in [2.05, 4.69) is 21.2 Å². The molecule has 7 heteroatoms. The Kier molecular flexibility index (Phi) is 7.65. The summed E-state index contributed by atoms with van der Waals surface area (Å²) in [6.07, 6.45) is 1.26. The van der Waals surface area contributed by atoms with Crippen molar-refractivity contribution >= 4 is 31.5 Å². The van der Waals surface area contributed by atoms with Crippen molar-refractivity contribution in [1.82, 2.24) is 5.32 Å². The molecule has 1 rings (SSSR count). The van der Waals surface area contributed by atoms with Gasteiger partial charge in [0.2, 0.25) is 0 Å². The van der Waals surface area contributed by atoms with E-state index in [1.807, 2.05) is 30.1 Å². The lowest BCUT2D eigenvalue weighted by atomic mass is 10.1. The second kappa shape index (κ2) is 8.73. The number of nitrogens with one attached hydrogen (secondary N) is 1. The van der Waals surface area contributed by atoms with Gasteiger partial charge >= 0.3 is 0 Å². The maximum Gasteiger partial charge on any atom is 0.149 e. The molecule has 21 heavy (non-hydrogen) atoms. The van der Waals surface area contributed by atoms with Gasteiger partial charge in [0.1, 0.15) is 9.84 Å². The number of anilines is 1. The quantitative estimate of drug-likeness (QED) is 0.662. The third-order valence-corrected chi connectivity index (χ3v) is 4.47. The molecule has 0 unspecified atom stereocenters. The number of hydrogen-bond donors (Lipinski definition) is 1. The van der Waals surface area contributed by atoms with Gasteiger partial charge in [0.15, 0.2) is 0 Å². The van der Waals surface area contributed by atoms with Gasteiger partial charge in [-0.05, 0) is 23.8 Å². The number of ether oxygens (including phenoxy) is 1. The summed E-state index contributed by atoms with van der Waals surface area (Å²) in [7, 11) is 0.626. The van der Waals surface area contributed by atoms with Crippen molar-refractivity contribution in [1.29, 1.82) is 0 Å². The molecule has 0 saturated carbocycles. The second-order valence-corrected chi connectivity index (χ2v) is 8.17. The third kappa shape index (κ3) is 7.26. The molecule has 0 aliphatic heterocycles. The highest BCUT2D eigenvalue weighted by Gasteiger charge is 2.10. The first-order valence-electron chi connectivity index (χ1n) is 6.70. The highest BCUT2D eigenvalue weighted by atomic mass is 79.9. The molecule has 0 radical (unpaired) electrons. The van der Waals surface area contributed by atoms with Gasteiger partial charge in [-0.2, -0.15) is 0 Å². The van der Waals surface area contributed by atoms with Gasteiger partial charge in [0.25, 0.3) is 0 Å². The summed E-state index contributed by atoms with van der Waals surface area (Å²) in [6.45, 7) is 2.62. The van der Waals surface area contributed by atoms with Crippen molar-refractivity contribution < 1.29 is 13.2 Å². The summed E-state index contributed by atoms with van der Waals surface area (Å²) in [6, 6.07) is 6.01. The lowest BCUT2D eigenvalue weighted by Crippen LogP contribution is -2.27. The van der Waals surface area contributed by atoms with Crippen molar-refractivity contribution in [2.24, 2.45) is 0 Å². The highest BCUT2D eigenvalue weighted by molar-refractivity contribution is 9.10. The largest absolute Gasteiger partial charge is 0.383 e. The first-order valence-corrected chi connectivity index (χ1v) is 9.56. The molecular weight excluding hydrogens is 356 g/mol. The predicted molar refractivity (Wildman–Crippen MR) is 90.7 cm³/mol. The van der Waals surface area contributed by atoms with Crippen LogP contribution in [0.3, 0.4) is 0 Å². The maximum atomic E-state index is 11.3. The maximum absolute atomic E-state index is 11.3. The minimum Gasteiger partial charge on any atom is -0.383 e. The molecule has 0 bridgehead atoms. The Hall–Kier alpha value is -0.630. The van der Waals surface area contributed by atoms with Crippen molar-refractivity contribution in [3.05, 3.63) is 28.2 Å². The van der Waals surface area contributed by atoms with E-state index < -0.39 is 9.84 Å². The number of halogens is 1. The molecule has 0 aliphatic carbocycles. The Morgan fingerprint density at radius 3 is 2.71 bits per heavy atom. The Balaban J connectivity index is 2.75. The molecule has 0 atom stereocenters. The van der Waals surface area contributed by atoms with Gasteiger partial charge in [-0.15, -0.1) is 0 Å². The Bertz CT molecular complexity index is 549. The fourth-order valence-electron chi connectivity index (χ4n) is 1.89. The molecule has 0 saturated heterocycles. The molecule has 0 fully saturated rings. The molecular formula is C14H23BrN2O3S. The number of rotatable bonds is 9. The van der Waals surface area contributed by atoms with Crippen LogP contribution >= 0.6 is 15.9 Å². The van der Waals surface area contributed by atoms with Crippen LogP contribution in [0.15, 0.2) is 22.7 Å². The summed E-state index contributed by atoms with van der Waals surface area (Å²) >= 11 is 3.47. The first kappa shape index (κ1) is 18.4. The zero-order valence-electron chi connectivity index (χ0n) is 12.7. The monoisotopic (exact) mass is 378 g/mol. The third-order valence-electron chi connectivity index (χ3n) is 3.05. The fraction of sp³-hybridized carbons (Fsp3) is 0.571. The molecule has 0 aromatic heterocycles. The number of hydrogen-bond acceptors (Lipinski definition) is 5. The van der Waals surface area contributed by atoms with Crippen LogP contribution in [0.1, 0.15) is 5.56 Å². The molecule has 5 nitrogen and oxygen atoms in total. The van der Waals surface area contributed by atoms with E-state index in [1.54, 1.807) is 7.11 Å². The van der Waals surface area contributed by atoms with Gasteiger partial charge in [0.05, 0.1) is 12.4 Å². The molecule has 0 aliphatic rings. The molecule has 120 valence electrons. The van der Waals surface area contributed by atoms with Gasteiger partial charge in [-0.25, -0.2) is 8.42 Å². The zero-order valence-corrected chi connectivity index (χ0v) is 15.1. The van der Waals surface area contributed by atoms with E-state index in [0.29, 0.717) is 19.7 Å². The van der Waals surface area contributed by atoms with Crippen LogP contribution < -0.4 is 10.2 Å². The minimum atomic E-state index is -2.96. The summed E-state index contributed by atoms with van der Waals surface area (Å²) in [5.74, 6) is 0.149. The topological polar surface area (TPSA) is 58.6 Å². The van der Waals surface area contributed by atoms with Crippen LogP contribution in [0.2, 0.25) is 0 Å². The standard InChI is InChI=1S/C14H23BrN2O3S/c1-17(7-9-21(3,18)19)14-5-4-13(15)10-12(14)11-16-6-8-20-2/h4-5,10,16H,6-9,11H2,1-3H3. The average Bonchev–Trinajstić information content (AvgIpc) is 2.40. The summed E-state index contributed by atoms with van der Waals surface area (Å²) in [5, 5.41) is 3.31. The SMILES string of the molecule is COCCNCc1cc(Br)ccc1N(C)CCS(C)(=O)=O. The van der Waals surface area contributed by atoms with E-state index in [9.17, 15) is 8.42 Å². The van der Waals surface area contributed by atoms with Crippen LogP contribution in [-0.4, -0.2) is 54.3 Å². The zero-order chi connectivity index (χ0) is 15.9. The Morgan fingerprint density at radius 1 is 1.38 bits per heavy atom. The van der Waals surface area contributed by atoms with Crippen LogP contribution in [0.5, 0.6) is 0 Å².